The Bertz CT molecular complexity index is 1050. The molecule has 0 aliphatic heterocycles. The molecule has 140 valence electrons. The van der Waals surface area contributed by atoms with Crippen LogP contribution in [0.5, 0.6) is 0 Å². The van der Waals surface area contributed by atoms with Crippen LogP contribution in [0.2, 0.25) is 0 Å². The maximum Gasteiger partial charge on any atom is 0.419 e. The van der Waals surface area contributed by atoms with Crippen molar-refractivity contribution in [3.8, 4) is 0 Å². The van der Waals surface area contributed by atoms with Gasteiger partial charge in [-0.05, 0) is 43.2 Å². The van der Waals surface area contributed by atoms with Gasteiger partial charge in [-0.25, -0.2) is 4.79 Å². The van der Waals surface area contributed by atoms with Gasteiger partial charge in [-0.15, -0.1) is 0 Å². The van der Waals surface area contributed by atoms with Gasteiger partial charge in [0, 0.05) is 31.3 Å². The first-order valence-electron chi connectivity index (χ1n) is 8.70. The van der Waals surface area contributed by atoms with Gasteiger partial charge in [0.15, 0.2) is 5.58 Å². The molecule has 0 fully saturated rings. The Balaban J connectivity index is 1.61. The van der Waals surface area contributed by atoms with E-state index >= 15 is 0 Å². The number of hydrogen-bond acceptors (Lipinski definition) is 4. The zero-order valence-corrected chi connectivity index (χ0v) is 15.2. The number of aryl methyl sites for hydroxylation is 2. The molecule has 1 aromatic heterocycles. The van der Waals surface area contributed by atoms with Gasteiger partial charge in [-0.2, -0.15) is 0 Å². The topological polar surface area (TPSA) is 93.3 Å². The van der Waals surface area contributed by atoms with Crippen LogP contribution in [-0.4, -0.2) is 16.4 Å². The third kappa shape index (κ3) is 4.44. The fourth-order valence-electron chi connectivity index (χ4n) is 2.87. The third-order valence-corrected chi connectivity index (χ3v) is 4.19. The van der Waals surface area contributed by atoms with E-state index in [0.717, 1.165) is 11.1 Å². The Morgan fingerprint density at radius 1 is 1.11 bits per heavy atom. The number of carbonyl (C=O) groups excluding carboxylic acids is 2. The van der Waals surface area contributed by atoms with E-state index in [1.807, 2.05) is 25.1 Å². The fraction of sp³-hybridized carbons (Fsp3) is 0.250. The van der Waals surface area contributed by atoms with Crippen LogP contribution in [0.1, 0.15) is 25.3 Å². The molecular weight excluding hydrogens is 346 g/mol. The van der Waals surface area contributed by atoms with Crippen molar-refractivity contribution in [2.45, 2.75) is 33.2 Å². The van der Waals surface area contributed by atoms with Crippen molar-refractivity contribution >= 4 is 34.3 Å². The zero-order valence-electron chi connectivity index (χ0n) is 15.2. The molecule has 0 unspecified atom stereocenters. The highest BCUT2D eigenvalue weighted by atomic mass is 16.4. The van der Waals surface area contributed by atoms with Crippen molar-refractivity contribution in [2.75, 3.05) is 10.6 Å². The number of nitrogens with one attached hydrogen (secondary N) is 2. The van der Waals surface area contributed by atoms with Gasteiger partial charge in [0.1, 0.15) is 0 Å². The summed E-state index contributed by atoms with van der Waals surface area (Å²) >= 11 is 0. The molecule has 0 saturated carbocycles. The summed E-state index contributed by atoms with van der Waals surface area (Å²) in [5.41, 5.74) is 3.44. The van der Waals surface area contributed by atoms with Gasteiger partial charge in [0.2, 0.25) is 11.8 Å². The molecule has 7 heteroatoms. The minimum absolute atomic E-state index is 0.154. The molecule has 2 N–H and O–H groups in total. The monoisotopic (exact) mass is 367 g/mol. The number of aromatic nitrogens is 1. The quantitative estimate of drug-likeness (QED) is 0.699. The number of benzene rings is 2. The number of carbonyl (C=O) groups is 2. The lowest BCUT2D eigenvalue weighted by Crippen LogP contribution is -2.17. The second-order valence-electron chi connectivity index (χ2n) is 6.35. The fourth-order valence-corrected chi connectivity index (χ4v) is 2.87. The van der Waals surface area contributed by atoms with Gasteiger partial charge >= 0.3 is 5.76 Å². The minimum atomic E-state index is -0.421. The average Bonchev–Trinajstić information content (AvgIpc) is 2.93. The lowest BCUT2D eigenvalue weighted by molar-refractivity contribution is -0.116. The van der Waals surface area contributed by atoms with Crippen LogP contribution in [0.4, 0.5) is 11.4 Å². The maximum atomic E-state index is 12.3. The number of oxazole rings is 1. The van der Waals surface area contributed by atoms with E-state index in [-0.39, 0.29) is 18.2 Å². The van der Waals surface area contributed by atoms with E-state index in [9.17, 15) is 14.4 Å². The molecular formula is C20H21N3O4. The van der Waals surface area contributed by atoms with Gasteiger partial charge in [0.25, 0.3) is 0 Å². The molecule has 7 nitrogen and oxygen atoms in total. The third-order valence-electron chi connectivity index (χ3n) is 4.19. The first-order valence-corrected chi connectivity index (χ1v) is 8.70. The Morgan fingerprint density at radius 2 is 1.89 bits per heavy atom. The summed E-state index contributed by atoms with van der Waals surface area (Å²) in [6.07, 6.45) is 0.759. The Hall–Kier alpha value is -3.35. The predicted octanol–water partition coefficient (Wildman–Crippen LogP) is 3.28. The van der Waals surface area contributed by atoms with E-state index in [1.54, 1.807) is 24.3 Å². The number of para-hydroxylation sites is 2. The Kier molecular flexibility index (Phi) is 5.40. The number of nitrogens with zero attached hydrogens (tertiary/aromatic N) is 1. The van der Waals surface area contributed by atoms with E-state index in [4.69, 9.17) is 4.42 Å². The van der Waals surface area contributed by atoms with Crippen LogP contribution in [0.15, 0.2) is 51.7 Å². The number of anilines is 2. The van der Waals surface area contributed by atoms with Gasteiger partial charge in [0.05, 0.1) is 5.52 Å². The molecule has 0 spiro atoms. The standard InChI is InChI=1S/C20H21N3O4/c1-13-9-10-15(21-14(2)24)12-16(13)22-19(25)8-5-11-23-17-6-3-4-7-18(17)27-20(23)26/h3-4,6-7,9-10,12H,5,8,11H2,1-2H3,(H,21,24)(H,22,25). The van der Waals surface area contributed by atoms with Crippen LogP contribution in [0.25, 0.3) is 11.1 Å². The average molecular weight is 367 g/mol. The van der Waals surface area contributed by atoms with Gasteiger partial charge in [-0.3, -0.25) is 14.2 Å². The summed E-state index contributed by atoms with van der Waals surface area (Å²) in [5.74, 6) is -0.747. The van der Waals surface area contributed by atoms with Crippen molar-refractivity contribution < 1.29 is 14.0 Å². The summed E-state index contributed by atoms with van der Waals surface area (Å²) in [6.45, 7) is 3.71. The number of hydrogen-bond donors (Lipinski definition) is 2. The second kappa shape index (κ2) is 7.90. The highest BCUT2D eigenvalue weighted by Gasteiger charge is 2.10. The van der Waals surface area contributed by atoms with E-state index in [1.165, 1.54) is 11.5 Å². The van der Waals surface area contributed by atoms with E-state index in [2.05, 4.69) is 10.6 Å². The summed E-state index contributed by atoms with van der Waals surface area (Å²) < 4.78 is 6.72. The van der Waals surface area contributed by atoms with Crippen LogP contribution in [-0.2, 0) is 16.1 Å². The molecule has 3 rings (SSSR count). The smallest absolute Gasteiger partial charge is 0.408 e. The van der Waals surface area contributed by atoms with Crippen molar-refractivity contribution in [3.05, 3.63) is 58.6 Å². The second-order valence-corrected chi connectivity index (χ2v) is 6.35. The molecule has 0 saturated heterocycles. The largest absolute Gasteiger partial charge is 0.419 e. The molecule has 0 atom stereocenters. The molecule has 2 aromatic carbocycles. The van der Waals surface area contributed by atoms with E-state index in [0.29, 0.717) is 29.9 Å². The van der Waals surface area contributed by atoms with Crippen molar-refractivity contribution in [3.63, 3.8) is 0 Å². The molecule has 1 heterocycles. The maximum absolute atomic E-state index is 12.3. The van der Waals surface area contributed by atoms with E-state index < -0.39 is 5.76 Å². The zero-order chi connectivity index (χ0) is 19.4. The Morgan fingerprint density at radius 3 is 2.67 bits per heavy atom. The first kappa shape index (κ1) is 18.4. The SMILES string of the molecule is CC(=O)Nc1ccc(C)c(NC(=O)CCCn2c(=O)oc3ccccc32)c1. The van der Waals surface area contributed by atoms with Crippen LogP contribution in [0.3, 0.4) is 0 Å². The summed E-state index contributed by atoms with van der Waals surface area (Å²) in [4.78, 5) is 35.4. The molecule has 27 heavy (non-hydrogen) atoms. The molecule has 0 radical (unpaired) electrons. The van der Waals surface area contributed by atoms with Crippen molar-refractivity contribution in [1.29, 1.82) is 0 Å². The molecule has 0 bridgehead atoms. The molecule has 0 aliphatic carbocycles. The molecule has 2 amide bonds. The molecule has 0 aliphatic rings. The summed E-state index contributed by atoms with van der Waals surface area (Å²) in [7, 11) is 0. The predicted molar refractivity (Wildman–Crippen MR) is 104 cm³/mol. The lowest BCUT2D eigenvalue weighted by atomic mass is 10.1. The van der Waals surface area contributed by atoms with Gasteiger partial charge in [-0.1, -0.05) is 18.2 Å². The van der Waals surface area contributed by atoms with Gasteiger partial charge < -0.3 is 15.1 Å². The lowest BCUT2D eigenvalue weighted by Gasteiger charge is -2.11. The van der Waals surface area contributed by atoms with Crippen molar-refractivity contribution in [1.82, 2.24) is 4.57 Å². The normalized spacial score (nSPS) is 10.7. The number of fused-ring (bicyclic) bond motifs is 1. The number of amides is 2. The Labute approximate surface area is 156 Å². The van der Waals surface area contributed by atoms with Crippen LogP contribution < -0.4 is 16.4 Å². The summed E-state index contributed by atoms with van der Waals surface area (Å²) in [5, 5.41) is 5.55. The van der Waals surface area contributed by atoms with Crippen LogP contribution >= 0.6 is 0 Å². The van der Waals surface area contributed by atoms with Crippen LogP contribution in [0, 0.1) is 6.92 Å². The highest BCUT2D eigenvalue weighted by Crippen LogP contribution is 2.21. The highest BCUT2D eigenvalue weighted by molar-refractivity contribution is 5.94. The minimum Gasteiger partial charge on any atom is -0.408 e. The first-order chi connectivity index (χ1) is 12.9. The number of rotatable bonds is 6. The molecule has 3 aromatic rings. The van der Waals surface area contributed by atoms with Crippen molar-refractivity contribution in [2.24, 2.45) is 0 Å². The summed E-state index contributed by atoms with van der Waals surface area (Å²) in [6, 6.07) is 12.5.